The second kappa shape index (κ2) is 5.88. The van der Waals surface area contributed by atoms with E-state index in [1.54, 1.807) is 0 Å². The summed E-state index contributed by atoms with van der Waals surface area (Å²) in [6, 6.07) is 4.11. The molecular weight excluding hydrogens is 346 g/mol. The molecule has 1 heterocycles. The van der Waals surface area contributed by atoms with Gasteiger partial charge in [-0.05, 0) is 34.1 Å². The summed E-state index contributed by atoms with van der Waals surface area (Å²) < 4.78 is 53.9. The number of halogens is 5. The molecule has 0 radical (unpaired) electrons. The Kier molecular flexibility index (Phi) is 4.39. The standard InChI is InChI=1S/C11H8BrF4N3O/c12-7-3-6(1-2-8(7)13)10-18-9(20-19-10)4-17-5-11(14,15)16/h1-3,17H,4-5H2. The van der Waals surface area contributed by atoms with E-state index in [0.29, 0.717) is 5.56 Å². The molecule has 20 heavy (non-hydrogen) atoms. The number of nitrogens with one attached hydrogen (secondary N) is 1. The van der Waals surface area contributed by atoms with Gasteiger partial charge in [0.25, 0.3) is 0 Å². The fraction of sp³-hybridized carbons (Fsp3) is 0.273. The predicted octanol–water partition coefficient (Wildman–Crippen LogP) is 3.29. The largest absolute Gasteiger partial charge is 0.401 e. The van der Waals surface area contributed by atoms with E-state index in [9.17, 15) is 17.6 Å². The molecule has 1 aromatic heterocycles. The number of aromatic nitrogens is 2. The fourth-order valence-electron chi connectivity index (χ4n) is 1.39. The van der Waals surface area contributed by atoms with Gasteiger partial charge in [-0.15, -0.1) is 0 Å². The summed E-state index contributed by atoms with van der Waals surface area (Å²) in [5.74, 6) is -0.247. The van der Waals surface area contributed by atoms with Gasteiger partial charge in [0.1, 0.15) is 5.82 Å². The zero-order chi connectivity index (χ0) is 14.8. The van der Waals surface area contributed by atoms with Crippen molar-refractivity contribution in [2.24, 2.45) is 0 Å². The third kappa shape index (κ3) is 4.01. The minimum absolute atomic E-state index is 0.0182. The molecule has 0 fully saturated rings. The van der Waals surface area contributed by atoms with E-state index >= 15 is 0 Å². The maximum absolute atomic E-state index is 13.1. The van der Waals surface area contributed by atoms with E-state index < -0.39 is 18.5 Å². The lowest BCUT2D eigenvalue weighted by Gasteiger charge is -2.05. The van der Waals surface area contributed by atoms with Gasteiger partial charge in [0.05, 0.1) is 17.6 Å². The van der Waals surface area contributed by atoms with Crippen molar-refractivity contribution < 1.29 is 22.1 Å². The van der Waals surface area contributed by atoms with Crippen LogP contribution in [-0.4, -0.2) is 22.9 Å². The van der Waals surface area contributed by atoms with Crippen molar-refractivity contribution in [1.82, 2.24) is 15.5 Å². The molecule has 0 amide bonds. The molecule has 9 heteroatoms. The topological polar surface area (TPSA) is 51.0 Å². The summed E-state index contributed by atoms with van der Waals surface area (Å²) in [6.45, 7) is -1.35. The Morgan fingerprint density at radius 3 is 2.70 bits per heavy atom. The number of alkyl halides is 3. The van der Waals surface area contributed by atoms with Gasteiger partial charge < -0.3 is 9.84 Å². The minimum atomic E-state index is -4.30. The first kappa shape index (κ1) is 14.9. The molecule has 0 unspecified atom stereocenters. The molecule has 2 aromatic rings. The zero-order valence-corrected chi connectivity index (χ0v) is 11.4. The molecule has 2 rings (SSSR count). The van der Waals surface area contributed by atoms with Gasteiger partial charge in [0.2, 0.25) is 11.7 Å². The van der Waals surface area contributed by atoms with Crippen LogP contribution in [0.2, 0.25) is 0 Å². The summed E-state index contributed by atoms with van der Waals surface area (Å²) in [7, 11) is 0. The van der Waals surface area contributed by atoms with Crippen LogP contribution >= 0.6 is 15.9 Å². The lowest BCUT2D eigenvalue weighted by atomic mass is 10.2. The third-order valence-corrected chi connectivity index (χ3v) is 2.86. The van der Waals surface area contributed by atoms with Crippen LogP contribution in [0.15, 0.2) is 27.2 Å². The van der Waals surface area contributed by atoms with Crippen LogP contribution in [0.25, 0.3) is 11.4 Å². The van der Waals surface area contributed by atoms with Crippen molar-refractivity contribution >= 4 is 15.9 Å². The smallest absolute Gasteiger partial charge is 0.338 e. The summed E-state index contributed by atoms with van der Waals surface area (Å²) in [4.78, 5) is 3.92. The van der Waals surface area contributed by atoms with Crippen LogP contribution in [0.4, 0.5) is 17.6 Å². The summed E-state index contributed by atoms with van der Waals surface area (Å²) in [5, 5.41) is 5.76. The van der Waals surface area contributed by atoms with Crippen molar-refractivity contribution in [2.45, 2.75) is 12.7 Å². The number of benzene rings is 1. The number of rotatable bonds is 4. The van der Waals surface area contributed by atoms with E-state index in [-0.39, 0.29) is 22.7 Å². The predicted molar refractivity (Wildman–Crippen MR) is 65.2 cm³/mol. The lowest BCUT2D eigenvalue weighted by Crippen LogP contribution is -2.28. The van der Waals surface area contributed by atoms with Crippen LogP contribution in [0.3, 0.4) is 0 Å². The van der Waals surface area contributed by atoms with Gasteiger partial charge in [-0.25, -0.2) is 4.39 Å². The zero-order valence-electron chi connectivity index (χ0n) is 9.84. The van der Waals surface area contributed by atoms with Gasteiger partial charge in [0.15, 0.2) is 0 Å². The Balaban J connectivity index is 2.03. The first-order valence-corrected chi connectivity index (χ1v) is 6.20. The van der Waals surface area contributed by atoms with E-state index in [2.05, 4.69) is 31.4 Å². The molecular formula is C11H8BrF4N3O. The maximum Gasteiger partial charge on any atom is 0.401 e. The first-order valence-electron chi connectivity index (χ1n) is 5.40. The van der Waals surface area contributed by atoms with Crippen LogP contribution < -0.4 is 5.32 Å². The van der Waals surface area contributed by atoms with E-state index in [4.69, 9.17) is 4.52 Å². The highest BCUT2D eigenvalue weighted by atomic mass is 79.9. The average molecular weight is 354 g/mol. The first-order chi connectivity index (χ1) is 9.35. The van der Waals surface area contributed by atoms with E-state index in [1.807, 2.05) is 0 Å². The molecule has 1 aromatic carbocycles. The Labute approximate surface area is 119 Å². The average Bonchev–Trinajstić information content (AvgIpc) is 2.80. The fourth-order valence-corrected chi connectivity index (χ4v) is 1.77. The highest BCUT2D eigenvalue weighted by Crippen LogP contribution is 2.23. The van der Waals surface area contributed by atoms with Crippen molar-refractivity contribution in [3.8, 4) is 11.4 Å². The van der Waals surface area contributed by atoms with Crippen molar-refractivity contribution in [3.63, 3.8) is 0 Å². The molecule has 0 saturated heterocycles. The normalized spacial score (nSPS) is 11.8. The SMILES string of the molecule is Fc1ccc(-c2noc(CNCC(F)(F)F)n2)cc1Br. The molecule has 4 nitrogen and oxygen atoms in total. The molecule has 0 saturated carbocycles. The Bertz CT molecular complexity index is 600. The van der Waals surface area contributed by atoms with Gasteiger partial charge in [-0.2, -0.15) is 18.2 Å². The van der Waals surface area contributed by atoms with Gasteiger partial charge in [-0.1, -0.05) is 5.16 Å². The Hall–Kier alpha value is -1.48. The Morgan fingerprint density at radius 2 is 2.05 bits per heavy atom. The van der Waals surface area contributed by atoms with Crippen molar-refractivity contribution in [2.75, 3.05) is 6.54 Å². The van der Waals surface area contributed by atoms with Crippen molar-refractivity contribution in [3.05, 3.63) is 34.4 Å². The molecule has 0 aliphatic rings. The van der Waals surface area contributed by atoms with Gasteiger partial charge in [0, 0.05) is 5.56 Å². The van der Waals surface area contributed by atoms with Crippen LogP contribution in [0, 0.1) is 5.82 Å². The van der Waals surface area contributed by atoms with Crippen LogP contribution in [-0.2, 0) is 6.54 Å². The second-order valence-corrected chi connectivity index (χ2v) is 4.71. The van der Waals surface area contributed by atoms with Gasteiger partial charge in [-0.3, -0.25) is 0 Å². The summed E-state index contributed by atoms with van der Waals surface area (Å²) in [6.07, 6.45) is -4.30. The minimum Gasteiger partial charge on any atom is -0.338 e. The Morgan fingerprint density at radius 1 is 1.30 bits per heavy atom. The van der Waals surface area contributed by atoms with Crippen LogP contribution in [0.1, 0.15) is 5.89 Å². The van der Waals surface area contributed by atoms with E-state index in [1.165, 1.54) is 18.2 Å². The molecule has 0 bridgehead atoms. The number of nitrogens with zero attached hydrogens (tertiary/aromatic N) is 2. The lowest BCUT2D eigenvalue weighted by molar-refractivity contribution is -0.125. The van der Waals surface area contributed by atoms with Gasteiger partial charge >= 0.3 is 6.18 Å². The molecule has 0 atom stereocenters. The molecule has 0 spiro atoms. The van der Waals surface area contributed by atoms with Crippen molar-refractivity contribution in [1.29, 1.82) is 0 Å². The highest BCUT2D eigenvalue weighted by molar-refractivity contribution is 9.10. The highest BCUT2D eigenvalue weighted by Gasteiger charge is 2.26. The third-order valence-electron chi connectivity index (χ3n) is 2.25. The summed E-state index contributed by atoms with van der Waals surface area (Å²) in [5.41, 5.74) is 0.490. The van der Waals surface area contributed by atoms with Crippen LogP contribution in [0.5, 0.6) is 0 Å². The van der Waals surface area contributed by atoms with E-state index in [0.717, 1.165) is 0 Å². The number of hydrogen-bond donors (Lipinski definition) is 1. The quantitative estimate of drug-likeness (QED) is 0.857. The molecule has 108 valence electrons. The molecule has 0 aliphatic heterocycles. The second-order valence-electron chi connectivity index (χ2n) is 3.86. The summed E-state index contributed by atoms with van der Waals surface area (Å²) >= 11 is 3.02. The monoisotopic (exact) mass is 353 g/mol. The molecule has 1 N–H and O–H groups in total. The molecule has 0 aliphatic carbocycles. The number of hydrogen-bond acceptors (Lipinski definition) is 4. The maximum atomic E-state index is 13.1.